The zero-order valence-corrected chi connectivity index (χ0v) is 11.1. The summed E-state index contributed by atoms with van der Waals surface area (Å²) in [6.45, 7) is 1.22. The summed E-state index contributed by atoms with van der Waals surface area (Å²) in [6, 6.07) is 4.85. The van der Waals surface area contributed by atoms with Gasteiger partial charge in [0.2, 0.25) is 0 Å². The standard InChI is InChI=1S/C12H13Cl2NO3/c13-9-1-2-10(14)11(3-9)18-7-12(17)15-4-8(5-15)6-16/h1-3,8,16H,4-7H2. The van der Waals surface area contributed by atoms with Gasteiger partial charge in [0.1, 0.15) is 5.75 Å². The Morgan fingerprint density at radius 1 is 1.44 bits per heavy atom. The van der Waals surface area contributed by atoms with Crippen LogP contribution in [0.4, 0.5) is 0 Å². The lowest BCUT2D eigenvalue weighted by Gasteiger charge is -2.38. The van der Waals surface area contributed by atoms with Crippen molar-refractivity contribution in [3.8, 4) is 5.75 Å². The van der Waals surface area contributed by atoms with Gasteiger partial charge in [-0.25, -0.2) is 0 Å². The molecule has 0 unspecified atom stereocenters. The monoisotopic (exact) mass is 289 g/mol. The van der Waals surface area contributed by atoms with E-state index < -0.39 is 0 Å². The molecule has 1 aliphatic heterocycles. The van der Waals surface area contributed by atoms with E-state index in [4.69, 9.17) is 33.0 Å². The van der Waals surface area contributed by atoms with E-state index in [1.165, 1.54) is 0 Å². The van der Waals surface area contributed by atoms with E-state index in [1.807, 2.05) is 0 Å². The van der Waals surface area contributed by atoms with E-state index in [-0.39, 0.29) is 25.0 Å². The van der Waals surface area contributed by atoms with E-state index >= 15 is 0 Å². The first-order chi connectivity index (χ1) is 8.60. The molecule has 1 fully saturated rings. The van der Waals surface area contributed by atoms with Crippen LogP contribution in [0.3, 0.4) is 0 Å². The number of nitrogens with zero attached hydrogens (tertiary/aromatic N) is 1. The predicted octanol–water partition coefficient (Wildman–Crippen LogP) is 1.82. The second kappa shape index (κ2) is 5.78. The summed E-state index contributed by atoms with van der Waals surface area (Å²) in [6.07, 6.45) is 0. The van der Waals surface area contributed by atoms with Gasteiger partial charge in [0, 0.05) is 36.7 Å². The number of hydrogen-bond donors (Lipinski definition) is 1. The molecule has 0 aliphatic carbocycles. The van der Waals surface area contributed by atoms with Gasteiger partial charge < -0.3 is 14.7 Å². The van der Waals surface area contributed by atoms with Crippen molar-refractivity contribution in [1.82, 2.24) is 4.90 Å². The molecule has 1 aromatic carbocycles. The van der Waals surface area contributed by atoms with Gasteiger partial charge in [-0.3, -0.25) is 4.79 Å². The molecule has 2 rings (SSSR count). The second-order valence-corrected chi connectivity index (χ2v) is 5.05. The van der Waals surface area contributed by atoms with Crippen molar-refractivity contribution in [2.45, 2.75) is 0 Å². The Morgan fingerprint density at radius 2 is 2.17 bits per heavy atom. The number of halogens is 2. The van der Waals surface area contributed by atoms with Crippen molar-refractivity contribution < 1.29 is 14.6 Å². The Balaban J connectivity index is 1.84. The number of rotatable bonds is 4. The highest BCUT2D eigenvalue weighted by molar-refractivity contribution is 6.34. The van der Waals surface area contributed by atoms with Crippen molar-refractivity contribution in [1.29, 1.82) is 0 Å². The number of carbonyl (C=O) groups is 1. The Morgan fingerprint density at radius 3 is 2.83 bits per heavy atom. The summed E-state index contributed by atoms with van der Waals surface area (Å²) in [4.78, 5) is 13.3. The van der Waals surface area contributed by atoms with Crippen molar-refractivity contribution in [3.05, 3.63) is 28.2 Å². The quantitative estimate of drug-likeness (QED) is 0.920. The highest BCUT2D eigenvalue weighted by Gasteiger charge is 2.29. The van der Waals surface area contributed by atoms with Gasteiger partial charge in [0.15, 0.2) is 6.61 Å². The molecular weight excluding hydrogens is 277 g/mol. The number of benzene rings is 1. The molecule has 0 bridgehead atoms. The molecule has 18 heavy (non-hydrogen) atoms. The van der Waals surface area contributed by atoms with Crippen LogP contribution in [-0.2, 0) is 4.79 Å². The number of likely N-dealkylation sites (tertiary alicyclic amines) is 1. The van der Waals surface area contributed by atoms with E-state index in [2.05, 4.69) is 0 Å². The van der Waals surface area contributed by atoms with E-state index in [1.54, 1.807) is 23.1 Å². The van der Waals surface area contributed by atoms with Crippen LogP contribution in [0.15, 0.2) is 18.2 Å². The molecule has 1 heterocycles. The van der Waals surface area contributed by atoms with Gasteiger partial charge in [-0.15, -0.1) is 0 Å². The summed E-state index contributed by atoms with van der Waals surface area (Å²) in [5.41, 5.74) is 0. The minimum atomic E-state index is -0.115. The fourth-order valence-corrected chi connectivity index (χ4v) is 2.04. The summed E-state index contributed by atoms with van der Waals surface area (Å²) in [5.74, 6) is 0.483. The van der Waals surface area contributed by atoms with Gasteiger partial charge >= 0.3 is 0 Å². The van der Waals surface area contributed by atoms with Crippen molar-refractivity contribution in [2.75, 3.05) is 26.3 Å². The molecule has 98 valence electrons. The minimum absolute atomic E-state index is 0.0712. The lowest BCUT2D eigenvalue weighted by Crippen LogP contribution is -2.52. The average molecular weight is 290 g/mol. The maximum absolute atomic E-state index is 11.7. The Hall–Kier alpha value is -0.970. The van der Waals surface area contributed by atoms with Crippen molar-refractivity contribution in [2.24, 2.45) is 5.92 Å². The summed E-state index contributed by atoms with van der Waals surface area (Å²) in [5, 5.41) is 9.79. The van der Waals surface area contributed by atoms with Gasteiger partial charge in [-0.05, 0) is 12.1 Å². The molecule has 0 radical (unpaired) electrons. The van der Waals surface area contributed by atoms with Crippen LogP contribution in [0.2, 0.25) is 10.0 Å². The molecule has 1 N–H and O–H groups in total. The molecule has 0 aromatic heterocycles. The van der Waals surface area contributed by atoms with Gasteiger partial charge in [-0.1, -0.05) is 23.2 Å². The first kappa shape index (κ1) is 13.5. The molecule has 1 aliphatic rings. The lowest BCUT2D eigenvalue weighted by molar-refractivity contribution is -0.140. The summed E-state index contributed by atoms with van der Waals surface area (Å²) in [7, 11) is 0. The van der Waals surface area contributed by atoms with Crippen LogP contribution in [0, 0.1) is 5.92 Å². The van der Waals surface area contributed by atoms with Gasteiger partial charge in [0.25, 0.3) is 5.91 Å². The van der Waals surface area contributed by atoms with E-state index in [0.717, 1.165) is 0 Å². The molecule has 0 spiro atoms. The number of ether oxygens (including phenoxy) is 1. The zero-order valence-electron chi connectivity index (χ0n) is 9.60. The van der Waals surface area contributed by atoms with Crippen LogP contribution in [0.1, 0.15) is 0 Å². The molecular formula is C12H13Cl2NO3. The Bertz CT molecular complexity index is 447. The molecule has 1 saturated heterocycles. The molecule has 1 amide bonds. The topological polar surface area (TPSA) is 49.8 Å². The maximum atomic E-state index is 11.7. The number of aliphatic hydroxyl groups is 1. The molecule has 6 heteroatoms. The van der Waals surface area contributed by atoms with Crippen LogP contribution >= 0.6 is 23.2 Å². The maximum Gasteiger partial charge on any atom is 0.260 e. The fourth-order valence-electron chi connectivity index (χ4n) is 1.71. The average Bonchev–Trinajstić information content (AvgIpc) is 2.29. The number of amides is 1. The largest absolute Gasteiger partial charge is 0.482 e. The Kier molecular flexibility index (Phi) is 4.32. The van der Waals surface area contributed by atoms with Crippen molar-refractivity contribution >= 4 is 29.1 Å². The third-order valence-electron chi connectivity index (χ3n) is 2.81. The highest BCUT2D eigenvalue weighted by Crippen LogP contribution is 2.27. The van der Waals surface area contributed by atoms with Gasteiger partial charge in [-0.2, -0.15) is 0 Å². The van der Waals surface area contributed by atoms with E-state index in [0.29, 0.717) is 28.9 Å². The zero-order chi connectivity index (χ0) is 13.1. The molecule has 4 nitrogen and oxygen atoms in total. The first-order valence-electron chi connectivity index (χ1n) is 5.56. The van der Waals surface area contributed by atoms with Crippen LogP contribution < -0.4 is 4.74 Å². The molecule has 0 atom stereocenters. The van der Waals surface area contributed by atoms with Crippen molar-refractivity contribution in [3.63, 3.8) is 0 Å². The summed E-state index contributed by atoms with van der Waals surface area (Å²) < 4.78 is 5.34. The Labute approximate surface area is 115 Å². The number of aliphatic hydroxyl groups excluding tert-OH is 1. The van der Waals surface area contributed by atoms with E-state index in [9.17, 15) is 4.79 Å². The summed E-state index contributed by atoms with van der Waals surface area (Å²) >= 11 is 11.7. The molecule has 1 aromatic rings. The highest BCUT2D eigenvalue weighted by atomic mass is 35.5. The smallest absolute Gasteiger partial charge is 0.260 e. The van der Waals surface area contributed by atoms with Crippen LogP contribution in [-0.4, -0.2) is 42.2 Å². The van der Waals surface area contributed by atoms with Crippen LogP contribution in [0.25, 0.3) is 0 Å². The van der Waals surface area contributed by atoms with Gasteiger partial charge in [0.05, 0.1) is 5.02 Å². The SMILES string of the molecule is O=C(COc1cc(Cl)ccc1Cl)N1CC(CO)C1. The second-order valence-electron chi connectivity index (χ2n) is 4.21. The third kappa shape index (κ3) is 3.07. The molecule has 0 saturated carbocycles. The van der Waals surface area contributed by atoms with Crippen LogP contribution in [0.5, 0.6) is 5.75 Å². The predicted molar refractivity (Wildman–Crippen MR) is 69.1 cm³/mol. The minimum Gasteiger partial charge on any atom is -0.482 e. The normalized spacial score (nSPS) is 15.4. The number of hydrogen-bond acceptors (Lipinski definition) is 3. The number of carbonyl (C=O) groups excluding carboxylic acids is 1. The first-order valence-corrected chi connectivity index (χ1v) is 6.32. The lowest BCUT2D eigenvalue weighted by atomic mass is 10.0. The fraction of sp³-hybridized carbons (Fsp3) is 0.417. The third-order valence-corrected chi connectivity index (χ3v) is 3.36.